The molecule has 2 aromatic heterocycles. The number of sulfone groups is 1. The van der Waals surface area contributed by atoms with Crippen molar-refractivity contribution in [2.75, 3.05) is 18.1 Å². The number of esters is 1. The van der Waals surface area contributed by atoms with Gasteiger partial charge in [0.2, 0.25) is 0 Å². The maximum Gasteiger partial charge on any atom is 0.339 e. The largest absolute Gasteiger partial charge is 0.452 e. The molecule has 0 bridgehead atoms. The number of hydrogen-bond acceptors (Lipinski definition) is 7. The minimum absolute atomic E-state index is 0.0428. The van der Waals surface area contributed by atoms with Crippen LogP contribution >= 0.6 is 11.3 Å². The second kappa shape index (κ2) is 11.0. The van der Waals surface area contributed by atoms with Crippen LogP contribution in [0.25, 0.3) is 22.6 Å². The molecule has 2 atom stereocenters. The van der Waals surface area contributed by atoms with Crippen molar-refractivity contribution in [3.05, 3.63) is 63.5 Å². The Hall–Kier alpha value is -3.04. The molecule has 5 rings (SSSR count). The zero-order valence-corrected chi connectivity index (χ0v) is 23.3. The summed E-state index contributed by atoms with van der Waals surface area (Å²) in [6.45, 7) is 3.43. The van der Waals surface area contributed by atoms with Gasteiger partial charge < -0.3 is 9.64 Å². The van der Waals surface area contributed by atoms with E-state index in [1.807, 2.05) is 49.6 Å². The van der Waals surface area contributed by atoms with Crippen molar-refractivity contribution < 1.29 is 22.7 Å². The lowest BCUT2D eigenvalue weighted by Gasteiger charge is -2.33. The van der Waals surface area contributed by atoms with Crippen LogP contribution in [-0.2, 0) is 25.8 Å². The number of carbonyl (C=O) groups is 2. The van der Waals surface area contributed by atoms with Crippen molar-refractivity contribution in [2.45, 2.75) is 58.0 Å². The summed E-state index contributed by atoms with van der Waals surface area (Å²) in [5, 5.41) is 2.75. The molecule has 1 aromatic carbocycles. The van der Waals surface area contributed by atoms with Crippen LogP contribution in [0.3, 0.4) is 0 Å². The third-order valence-corrected chi connectivity index (χ3v) is 10.1. The average molecular weight is 553 g/mol. The number of ether oxygens (including phenoxy) is 1. The van der Waals surface area contributed by atoms with Crippen molar-refractivity contribution in [2.24, 2.45) is 0 Å². The monoisotopic (exact) mass is 552 g/mol. The third-order valence-electron chi connectivity index (χ3n) is 7.52. The maximum absolute atomic E-state index is 13.6. The van der Waals surface area contributed by atoms with Crippen molar-refractivity contribution in [3.8, 4) is 0 Å². The van der Waals surface area contributed by atoms with Gasteiger partial charge in [0.1, 0.15) is 0 Å². The molecule has 1 amide bonds. The van der Waals surface area contributed by atoms with Crippen LogP contribution in [0.1, 0.15) is 66.0 Å². The topological polar surface area (TPSA) is 93.6 Å². The molecule has 2 aliphatic rings. The number of para-hydroxylation sites is 1. The molecular weight excluding hydrogens is 520 g/mol. The van der Waals surface area contributed by atoms with Crippen molar-refractivity contribution in [3.63, 3.8) is 0 Å². The standard InChI is InChI=1S/C29H32N2O5S2/c1-3-19(2)31(21-13-15-38(34,35)18-21)26(32)17-36-29(33)27-23-10-4-5-12-25(23)30-28-20(8-6-11-24(27)28)16-22-9-7-14-37-22/h4-5,7,9-10,12,14,16,19,21H,3,6,8,11,13,15,17-18H2,1-2H3/b20-16-/t19-,21+/m1/s1. The Kier molecular flexibility index (Phi) is 7.68. The van der Waals surface area contributed by atoms with Crippen LogP contribution in [0.5, 0.6) is 0 Å². The quantitative estimate of drug-likeness (QED) is 0.377. The van der Waals surface area contributed by atoms with E-state index in [1.165, 1.54) is 0 Å². The second-order valence-electron chi connectivity index (χ2n) is 10.1. The molecule has 0 unspecified atom stereocenters. The molecule has 200 valence electrons. The number of amides is 1. The fraction of sp³-hybridized carbons (Fsp3) is 0.414. The molecule has 38 heavy (non-hydrogen) atoms. The minimum Gasteiger partial charge on any atom is -0.452 e. The molecule has 0 spiro atoms. The Labute approximate surface area is 227 Å². The number of allylic oxidation sites excluding steroid dienone is 1. The first-order valence-electron chi connectivity index (χ1n) is 13.1. The molecule has 9 heteroatoms. The lowest BCUT2D eigenvalue weighted by atomic mass is 9.86. The van der Waals surface area contributed by atoms with E-state index < -0.39 is 22.4 Å². The van der Waals surface area contributed by atoms with Gasteiger partial charge in [0.15, 0.2) is 16.4 Å². The highest BCUT2D eigenvalue weighted by Crippen LogP contribution is 2.37. The molecule has 1 aliphatic carbocycles. The van der Waals surface area contributed by atoms with Gasteiger partial charge in [0.25, 0.3) is 5.91 Å². The summed E-state index contributed by atoms with van der Waals surface area (Å²) in [5.74, 6) is -0.874. The van der Waals surface area contributed by atoms with Gasteiger partial charge in [-0.15, -0.1) is 11.3 Å². The minimum atomic E-state index is -3.16. The van der Waals surface area contributed by atoms with E-state index in [1.54, 1.807) is 16.2 Å². The van der Waals surface area contributed by atoms with Crippen molar-refractivity contribution in [1.82, 2.24) is 9.88 Å². The SMILES string of the molecule is CC[C@@H](C)N(C(=O)COC(=O)c1c2c(nc3ccccc13)/C(=C\c1cccs1)CCC2)[C@H]1CCS(=O)(=O)C1. The highest BCUT2D eigenvalue weighted by atomic mass is 32.2. The number of pyridine rings is 1. The van der Waals surface area contributed by atoms with Crippen molar-refractivity contribution in [1.29, 1.82) is 0 Å². The summed E-state index contributed by atoms with van der Waals surface area (Å²) in [4.78, 5) is 34.6. The predicted molar refractivity (Wildman–Crippen MR) is 151 cm³/mol. The Balaban J connectivity index is 1.45. The lowest BCUT2D eigenvalue weighted by Crippen LogP contribution is -2.48. The molecule has 0 N–H and O–H groups in total. The first kappa shape index (κ1) is 26.6. The molecule has 0 radical (unpaired) electrons. The van der Waals surface area contributed by atoms with Crippen LogP contribution < -0.4 is 0 Å². The molecule has 1 aliphatic heterocycles. The Morgan fingerprint density at radius 2 is 2.03 bits per heavy atom. The number of thiophene rings is 1. The molecule has 0 saturated carbocycles. The average Bonchev–Trinajstić information content (AvgIpc) is 3.55. The highest BCUT2D eigenvalue weighted by Gasteiger charge is 2.37. The number of fused-ring (bicyclic) bond motifs is 2. The second-order valence-corrected chi connectivity index (χ2v) is 13.3. The first-order chi connectivity index (χ1) is 18.3. The fourth-order valence-electron chi connectivity index (χ4n) is 5.53. The summed E-state index contributed by atoms with van der Waals surface area (Å²) in [7, 11) is -3.16. The number of rotatable bonds is 7. The lowest BCUT2D eigenvalue weighted by molar-refractivity contribution is -0.138. The Bertz CT molecular complexity index is 1490. The van der Waals surface area contributed by atoms with E-state index in [4.69, 9.17) is 9.72 Å². The summed E-state index contributed by atoms with van der Waals surface area (Å²) < 4.78 is 29.8. The normalized spacial score (nSPS) is 20.3. The molecule has 1 fully saturated rings. The zero-order valence-electron chi connectivity index (χ0n) is 21.7. The molecular formula is C29H32N2O5S2. The predicted octanol–water partition coefficient (Wildman–Crippen LogP) is 5.14. The van der Waals surface area contributed by atoms with Crippen LogP contribution in [0.15, 0.2) is 41.8 Å². The Morgan fingerprint density at radius 3 is 2.74 bits per heavy atom. The zero-order chi connectivity index (χ0) is 26.9. The van der Waals surface area contributed by atoms with Gasteiger partial charge in [0, 0.05) is 22.3 Å². The Morgan fingerprint density at radius 1 is 1.21 bits per heavy atom. The van der Waals surface area contributed by atoms with E-state index in [-0.39, 0.29) is 29.5 Å². The third kappa shape index (κ3) is 5.40. The summed E-state index contributed by atoms with van der Waals surface area (Å²) in [6, 6.07) is 11.1. The van der Waals surface area contributed by atoms with E-state index in [0.717, 1.165) is 34.5 Å². The smallest absolute Gasteiger partial charge is 0.339 e. The van der Waals surface area contributed by atoms with Crippen LogP contribution in [-0.4, -0.2) is 60.4 Å². The fourth-order valence-corrected chi connectivity index (χ4v) is 7.92. The number of nitrogens with zero attached hydrogens (tertiary/aromatic N) is 2. The van der Waals surface area contributed by atoms with E-state index in [0.29, 0.717) is 35.7 Å². The van der Waals surface area contributed by atoms with Gasteiger partial charge in [-0.2, -0.15) is 0 Å². The van der Waals surface area contributed by atoms with Gasteiger partial charge in [-0.05, 0) is 73.8 Å². The number of benzene rings is 1. The van der Waals surface area contributed by atoms with Gasteiger partial charge in [-0.3, -0.25) is 4.79 Å². The van der Waals surface area contributed by atoms with Crippen LogP contribution in [0.4, 0.5) is 0 Å². The van der Waals surface area contributed by atoms with Gasteiger partial charge in [0.05, 0.1) is 28.3 Å². The summed E-state index contributed by atoms with van der Waals surface area (Å²) in [6.07, 6.45) is 5.69. The van der Waals surface area contributed by atoms with Crippen molar-refractivity contribution >= 4 is 55.6 Å². The number of aromatic nitrogens is 1. The number of hydrogen-bond donors (Lipinski definition) is 0. The first-order valence-corrected chi connectivity index (χ1v) is 15.8. The van der Waals surface area contributed by atoms with Crippen LogP contribution in [0, 0.1) is 0 Å². The van der Waals surface area contributed by atoms with Gasteiger partial charge >= 0.3 is 5.97 Å². The molecule has 3 aromatic rings. The summed E-state index contributed by atoms with van der Waals surface area (Å²) >= 11 is 1.66. The van der Waals surface area contributed by atoms with Gasteiger partial charge in [-0.25, -0.2) is 18.2 Å². The highest BCUT2D eigenvalue weighted by molar-refractivity contribution is 7.91. The van der Waals surface area contributed by atoms with Crippen LogP contribution in [0.2, 0.25) is 0 Å². The van der Waals surface area contributed by atoms with E-state index in [9.17, 15) is 18.0 Å². The van der Waals surface area contributed by atoms with E-state index >= 15 is 0 Å². The molecule has 7 nitrogen and oxygen atoms in total. The van der Waals surface area contributed by atoms with E-state index in [2.05, 4.69) is 12.1 Å². The summed E-state index contributed by atoms with van der Waals surface area (Å²) in [5.41, 5.74) is 3.94. The molecule has 3 heterocycles. The molecule has 1 saturated heterocycles. The van der Waals surface area contributed by atoms with Gasteiger partial charge in [-0.1, -0.05) is 31.2 Å². The maximum atomic E-state index is 13.6. The number of carbonyl (C=O) groups excluding carboxylic acids is 2.